The van der Waals surface area contributed by atoms with Crippen molar-refractivity contribution in [1.29, 1.82) is 0 Å². The molecule has 2 aromatic rings. The van der Waals surface area contributed by atoms with E-state index in [9.17, 15) is 4.79 Å². The van der Waals surface area contributed by atoms with Gasteiger partial charge in [0.15, 0.2) is 2.82 Å². The zero-order valence-corrected chi connectivity index (χ0v) is 11.2. The number of nitrogens with one attached hydrogen (secondary N) is 2. The first-order valence-corrected chi connectivity index (χ1v) is 6.47. The number of aromatic amines is 1. The van der Waals surface area contributed by atoms with Gasteiger partial charge in [-0.25, -0.2) is 4.79 Å². The number of nitrogens with zero attached hydrogens (tertiary/aromatic N) is 1. The number of fused-ring (bicyclic) bond motifs is 1. The Labute approximate surface area is 138 Å². The van der Waals surface area contributed by atoms with E-state index in [-0.39, 0.29) is 23.5 Å². The molecular weight excluding hydrogens is 266 g/mol. The minimum atomic E-state index is -3.05. The summed E-state index contributed by atoms with van der Waals surface area (Å²) in [6, 6.07) is 4.33. The van der Waals surface area contributed by atoms with Crippen molar-refractivity contribution in [3.8, 4) is 0 Å². The van der Waals surface area contributed by atoms with Gasteiger partial charge in [-0.15, -0.1) is 0 Å². The van der Waals surface area contributed by atoms with E-state index in [1.807, 2.05) is 0 Å². The highest BCUT2D eigenvalue weighted by Crippen LogP contribution is 2.21. The van der Waals surface area contributed by atoms with Gasteiger partial charge in [0.05, 0.1) is 6.04 Å². The molecule has 1 aliphatic rings. The van der Waals surface area contributed by atoms with Gasteiger partial charge in [-0.2, -0.15) is 0 Å². The maximum atomic E-state index is 11.4. The number of carbonyl (C=O) groups excluding carboxylic acids is 1. The van der Waals surface area contributed by atoms with Crippen LogP contribution in [0.2, 0.25) is 2.82 Å². The van der Waals surface area contributed by atoms with Gasteiger partial charge in [-0.1, -0.05) is 6.07 Å². The Kier molecular flexibility index (Phi) is 1.76. The number of H-pyrrole nitrogens is 1. The van der Waals surface area contributed by atoms with Gasteiger partial charge in [-0.05, 0) is 50.0 Å². The van der Waals surface area contributed by atoms with Gasteiger partial charge in [0.25, 0.3) is 0 Å². The minimum absolute atomic E-state index is 0.0284. The summed E-state index contributed by atoms with van der Waals surface area (Å²) < 4.78 is 82.3. The zero-order valence-electron chi connectivity index (χ0n) is 21.2. The number of hydrogen-bond donors (Lipinski definition) is 2. The van der Waals surface area contributed by atoms with Crippen LogP contribution in [0, 0.1) is 0 Å². The van der Waals surface area contributed by atoms with Gasteiger partial charge in [-0.3, -0.25) is 0 Å². The fourth-order valence-corrected chi connectivity index (χ4v) is 2.31. The summed E-state index contributed by atoms with van der Waals surface area (Å²) in [5.74, 6) is 0. The first-order chi connectivity index (χ1) is 14.1. The molecule has 1 amide bonds. The number of hydrogen-bond acceptors (Lipinski definition) is 3. The van der Waals surface area contributed by atoms with Crippen LogP contribution in [0.4, 0.5) is 4.79 Å². The number of amides is 1. The lowest BCUT2D eigenvalue weighted by molar-refractivity contribution is 0.177. The minimum Gasteiger partial charge on any atom is -0.447 e. The first-order valence-electron chi connectivity index (χ1n) is 11.4. The zero-order chi connectivity index (χ0) is 23.4. The monoisotopic (exact) mass is 297 g/mol. The molecule has 1 aromatic heterocycles. The molecule has 0 saturated carbocycles. The molecule has 1 fully saturated rings. The summed E-state index contributed by atoms with van der Waals surface area (Å²) in [6.07, 6.45) is -1.72. The Bertz CT molecular complexity index is 970. The maximum absolute atomic E-state index is 11.4. The van der Waals surface area contributed by atoms with E-state index in [0.29, 0.717) is 16.5 Å². The third-order valence-corrected chi connectivity index (χ3v) is 3.27. The van der Waals surface area contributed by atoms with Crippen molar-refractivity contribution in [3.05, 3.63) is 35.5 Å². The average molecular weight is 297 g/mol. The molecule has 1 saturated heterocycles. The molecular formula is C16H21N3O2. The summed E-state index contributed by atoms with van der Waals surface area (Å²) in [7, 11) is 0. The lowest BCUT2D eigenvalue weighted by Crippen LogP contribution is -2.28. The number of aromatic nitrogens is 1. The molecule has 3 rings (SSSR count). The van der Waals surface area contributed by atoms with Crippen LogP contribution < -0.4 is 5.31 Å². The quantitative estimate of drug-likeness (QED) is 0.886. The fourth-order valence-electron chi connectivity index (χ4n) is 2.31. The molecule has 1 aromatic carbocycles. The van der Waals surface area contributed by atoms with E-state index >= 15 is 0 Å². The second-order valence-electron chi connectivity index (χ2n) is 4.85. The first kappa shape index (κ1) is 6.40. The summed E-state index contributed by atoms with van der Waals surface area (Å²) >= 11 is 0. The standard InChI is InChI=1S/C16H21N3O2/c1-19(2)6-5-12-9-17-15-4-3-11(8-14(12)15)7-13-10-21-16(20)18-13/h3-4,8-9,13,17H,5-7,10H2,1-2H3,(H,18,20)/t13-/m0/s1/i1D3,2D3,5D2/hD2. The van der Waals surface area contributed by atoms with Crippen molar-refractivity contribution in [2.45, 2.75) is 18.8 Å². The van der Waals surface area contributed by atoms with Crippen LogP contribution in [0.5, 0.6) is 0 Å². The third kappa shape index (κ3) is 3.19. The summed E-state index contributed by atoms with van der Waals surface area (Å²) in [5, 5.41) is 1.04. The molecule has 5 heteroatoms. The van der Waals surface area contributed by atoms with Crippen molar-refractivity contribution in [2.75, 3.05) is 27.1 Å². The molecule has 0 unspecified atom stereocenters. The van der Waals surface area contributed by atoms with Gasteiger partial charge in [0.1, 0.15) is 6.61 Å². The van der Waals surface area contributed by atoms with Gasteiger partial charge < -0.3 is 19.9 Å². The Morgan fingerprint density at radius 2 is 2.48 bits per heavy atom. The molecule has 112 valence electrons. The number of rotatable bonds is 5. The van der Waals surface area contributed by atoms with E-state index < -0.39 is 39.0 Å². The Morgan fingerprint density at radius 3 is 3.24 bits per heavy atom. The smallest absolute Gasteiger partial charge is 0.407 e. The SMILES string of the molecule is [2H]N1C(=O)OC[C@@H]1Cc1ccc2c(c1)c(C([2H])([2H])CN(C([2H])([2H])[2H])C([2H])([2H])[2H])cn2[2H]. The maximum Gasteiger partial charge on any atom is 0.407 e. The highest BCUT2D eigenvalue weighted by Gasteiger charge is 2.22. The largest absolute Gasteiger partial charge is 0.447 e. The molecule has 2 N–H and O–H groups in total. The molecule has 2 heterocycles. The molecule has 1 aliphatic heterocycles. The number of benzene rings is 1. The highest BCUT2D eigenvalue weighted by atomic mass is 16.6. The molecule has 21 heavy (non-hydrogen) atoms. The third-order valence-electron chi connectivity index (χ3n) is 3.27. The van der Waals surface area contributed by atoms with Crippen LogP contribution in [-0.2, 0) is 17.5 Å². The number of alkyl carbamates (subject to hydrolysis) is 1. The average Bonchev–Trinajstić information content (AvgIpc) is 3.13. The normalized spacial score (nSPS) is 27.6. The molecule has 0 aliphatic carbocycles. The van der Waals surface area contributed by atoms with Crippen molar-refractivity contribution in [1.82, 2.24) is 15.2 Å². The van der Waals surface area contributed by atoms with Crippen molar-refractivity contribution in [2.24, 2.45) is 0 Å². The van der Waals surface area contributed by atoms with Crippen LogP contribution >= 0.6 is 0 Å². The van der Waals surface area contributed by atoms with E-state index in [2.05, 4.69) is 0 Å². The summed E-state index contributed by atoms with van der Waals surface area (Å²) in [6.45, 7) is -6.99. The number of carbonyl (C=O) groups is 1. The number of likely N-dealkylation sites (N-methyl/N-ethyl adjacent to an activating group) is 1. The van der Waals surface area contributed by atoms with E-state index in [1.165, 1.54) is 6.20 Å². The molecule has 5 nitrogen and oxygen atoms in total. The second kappa shape index (κ2) is 5.77. The van der Waals surface area contributed by atoms with Crippen LogP contribution in [-0.4, -0.2) is 49.1 Å². The molecule has 0 radical (unpaired) electrons. The van der Waals surface area contributed by atoms with E-state index in [0.717, 1.165) is 10.3 Å². The Morgan fingerprint density at radius 1 is 1.57 bits per heavy atom. The molecule has 0 spiro atoms. The summed E-state index contributed by atoms with van der Waals surface area (Å²) in [5.41, 5.74) is 0.970. The second-order valence-corrected chi connectivity index (χ2v) is 4.85. The number of cyclic esters (lactones) is 1. The predicted octanol–water partition coefficient (Wildman–Crippen LogP) is 1.92. The fraction of sp³-hybridized carbons (Fsp3) is 0.438. The van der Waals surface area contributed by atoms with Crippen LogP contribution in [0.1, 0.15) is 22.1 Å². The predicted molar refractivity (Wildman–Crippen MR) is 82.5 cm³/mol. The van der Waals surface area contributed by atoms with Gasteiger partial charge in [0.2, 0.25) is 0 Å². The topological polar surface area (TPSA) is 57.4 Å². The van der Waals surface area contributed by atoms with Crippen molar-refractivity contribution in [3.63, 3.8) is 0 Å². The van der Waals surface area contributed by atoms with Gasteiger partial charge in [0, 0.05) is 34.6 Å². The van der Waals surface area contributed by atoms with Crippen molar-refractivity contribution < 1.29 is 23.3 Å². The van der Waals surface area contributed by atoms with Crippen LogP contribution in [0.25, 0.3) is 10.9 Å². The van der Waals surface area contributed by atoms with E-state index in [4.69, 9.17) is 18.5 Å². The molecule has 1 atom stereocenters. The molecule has 0 bridgehead atoms. The van der Waals surface area contributed by atoms with Gasteiger partial charge >= 0.3 is 6.09 Å². The van der Waals surface area contributed by atoms with Crippen molar-refractivity contribution >= 4 is 17.0 Å². The van der Waals surface area contributed by atoms with Crippen LogP contribution in [0.3, 0.4) is 0 Å². The Balaban J connectivity index is 1.98. The summed E-state index contributed by atoms with van der Waals surface area (Å²) in [4.78, 5) is 12.5. The number of ether oxygens (including phenoxy) is 1. The van der Waals surface area contributed by atoms with Crippen LogP contribution in [0.15, 0.2) is 24.4 Å². The highest BCUT2D eigenvalue weighted by molar-refractivity contribution is 5.84. The lowest BCUT2D eigenvalue weighted by atomic mass is 10.0. The lowest BCUT2D eigenvalue weighted by Gasteiger charge is -2.09. The van der Waals surface area contributed by atoms with E-state index in [1.54, 1.807) is 18.2 Å². The Hall–Kier alpha value is -2.01.